The number of hydrogen-bond donors (Lipinski definition) is 1. The lowest BCUT2D eigenvalue weighted by Crippen LogP contribution is -2.47. The van der Waals surface area contributed by atoms with E-state index < -0.39 is 0 Å². The molecule has 2 amide bonds. The van der Waals surface area contributed by atoms with E-state index in [1.807, 2.05) is 6.07 Å². The summed E-state index contributed by atoms with van der Waals surface area (Å²) in [4.78, 5) is 29.1. The van der Waals surface area contributed by atoms with Gasteiger partial charge < -0.3 is 10.0 Å². The van der Waals surface area contributed by atoms with Crippen LogP contribution in [0.3, 0.4) is 0 Å². The van der Waals surface area contributed by atoms with Crippen LogP contribution in [0.1, 0.15) is 74.5 Å². The Morgan fingerprint density at radius 2 is 1.59 bits per heavy atom. The smallest absolute Gasteiger partial charge is 0.229 e. The zero-order valence-corrected chi connectivity index (χ0v) is 17.2. The highest BCUT2D eigenvalue weighted by atomic mass is 16.3. The molecule has 5 rings (SSSR count). The van der Waals surface area contributed by atoms with Gasteiger partial charge in [-0.2, -0.15) is 0 Å². The van der Waals surface area contributed by atoms with Crippen LogP contribution in [0.25, 0.3) is 0 Å². The molecule has 2 aliphatic heterocycles. The first kappa shape index (κ1) is 19.3. The van der Waals surface area contributed by atoms with Crippen LogP contribution < -0.4 is 0 Å². The molecule has 2 saturated heterocycles. The van der Waals surface area contributed by atoms with Crippen LogP contribution in [-0.2, 0) is 9.59 Å². The maximum atomic E-state index is 12.6. The van der Waals surface area contributed by atoms with Crippen LogP contribution in [0.4, 0.5) is 0 Å². The third-order valence-electron chi connectivity index (χ3n) is 7.99. The number of carbonyl (C=O) groups is 2. The lowest BCUT2D eigenvalue weighted by molar-refractivity contribution is -0.153. The number of fused-ring (bicyclic) bond motifs is 3. The molecule has 156 valence electrons. The minimum atomic E-state index is -0.340. The number of carbonyl (C=O) groups excluding carboxylic acids is 2. The Bertz CT molecular complexity index is 781. The van der Waals surface area contributed by atoms with Gasteiger partial charge in [-0.1, -0.05) is 37.1 Å². The van der Waals surface area contributed by atoms with Gasteiger partial charge in [0.1, 0.15) is 0 Å². The molecule has 1 aromatic carbocycles. The van der Waals surface area contributed by atoms with Gasteiger partial charge >= 0.3 is 0 Å². The second-order valence-electron chi connectivity index (χ2n) is 9.81. The Morgan fingerprint density at radius 3 is 2.31 bits per heavy atom. The van der Waals surface area contributed by atoms with E-state index in [1.54, 1.807) is 0 Å². The summed E-state index contributed by atoms with van der Waals surface area (Å²) in [6.07, 6.45) is 7.09. The fourth-order valence-electron chi connectivity index (χ4n) is 6.46. The summed E-state index contributed by atoms with van der Waals surface area (Å²) in [6.45, 7) is 3.48. The van der Waals surface area contributed by atoms with E-state index in [-0.39, 0.29) is 23.3 Å². The number of hydrogen-bond acceptors (Lipinski definition) is 4. The van der Waals surface area contributed by atoms with Crippen molar-refractivity contribution in [2.45, 2.75) is 63.4 Å². The van der Waals surface area contributed by atoms with Gasteiger partial charge in [-0.25, -0.2) is 0 Å². The van der Waals surface area contributed by atoms with Crippen LogP contribution in [0, 0.1) is 11.3 Å². The molecular formula is C24H32N2O3. The van der Waals surface area contributed by atoms with Gasteiger partial charge in [0.05, 0.1) is 6.10 Å². The molecule has 4 aliphatic rings. The molecule has 5 nitrogen and oxygen atoms in total. The molecule has 2 aliphatic carbocycles. The monoisotopic (exact) mass is 396 g/mol. The highest BCUT2D eigenvalue weighted by molar-refractivity contribution is 5.98. The number of benzene rings is 1. The number of imide groups is 1. The lowest BCUT2D eigenvalue weighted by Gasteiger charge is -2.37. The molecular weight excluding hydrogens is 364 g/mol. The minimum Gasteiger partial charge on any atom is -0.388 e. The van der Waals surface area contributed by atoms with Crippen LogP contribution in [0.15, 0.2) is 24.3 Å². The van der Waals surface area contributed by atoms with Gasteiger partial charge in [-0.15, -0.1) is 0 Å². The number of unbranched alkanes of at least 4 members (excludes halogenated alkanes) is 1. The fraction of sp³-hybridized carbons (Fsp3) is 0.667. The summed E-state index contributed by atoms with van der Waals surface area (Å²) >= 11 is 0. The summed E-state index contributed by atoms with van der Waals surface area (Å²) in [6, 6.07) is 8.31. The summed E-state index contributed by atoms with van der Waals surface area (Å²) < 4.78 is 0. The van der Waals surface area contributed by atoms with E-state index in [4.69, 9.17) is 0 Å². The second-order valence-corrected chi connectivity index (χ2v) is 9.81. The van der Waals surface area contributed by atoms with E-state index in [2.05, 4.69) is 23.1 Å². The van der Waals surface area contributed by atoms with Crippen molar-refractivity contribution in [1.29, 1.82) is 0 Å². The van der Waals surface area contributed by atoms with Crippen LogP contribution in [0.2, 0.25) is 0 Å². The highest BCUT2D eigenvalue weighted by Crippen LogP contribution is 2.49. The van der Waals surface area contributed by atoms with E-state index in [0.717, 1.165) is 63.7 Å². The van der Waals surface area contributed by atoms with Gasteiger partial charge in [0.2, 0.25) is 11.8 Å². The van der Waals surface area contributed by atoms with Crippen LogP contribution >= 0.6 is 0 Å². The van der Waals surface area contributed by atoms with Gasteiger partial charge in [0.25, 0.3) is 0 Å². The molecule has 0 aromatic heterocycles. The average molecular weight is 397 g/mol. The molecule has 1 spiro atoms. The number of piperidine rings is 1. The van der Waals surface area contributed by atoms with Gasteiger partial charge in [0, 0.05) is 44.3 Å². The van der Waals surface area contributed by atoms with E-state index in [9.17, 15) is 14.7 Å². The molecule has 29 heavy (non-hydrogen) atoms. The fourth-order valence-corrected chi connectivity index (χ4v) is 6.46. The van der Waals surface area contributed by atoms with Gasteiger partial charge in [-0.3, -0.25) is 14.5 Å². The first-order valence-electron chi connectivity index (χ1n) is 11.4. The van der Waals surface area contributed by atoms with Gasteiger partial charge in [0.15, 0.2) is 0 Å². The first-order valence-corrected chi connectivity index (χ1v) is 11.4. The average Bonchev–Trinajstić information content (AvgIpc) is 3.38. The van der Waals surface area contributed by atoms with Crippen LogP contribution in [0.5, 0.6) is 0 Å². The molecule has 0 bridgehead atoms. The zero-order valence-electron chi connectivity index (χ0n) is 17.2. The third-order valence-corrected chi connectivity index (χ3v) is 7.99. The Labute approximate surface area is 173 Å². The van der Waals surface area contributed by atoms with Gasteiger partial charge in [-0.05, 0) is 48.8 Å². The number of nitrogens with zero attached hydrogens (tertiary/aromatic N) is 2. The number of aliphatic hydroxyl groups excluding tert-OH is 1. The molecule has 0 radical (unpaired) electrons. The largest absolute Gasteiger partial charge is 0.388 e. The van der Waals surface area contributed by atoms with Crippen LogP contribution in [-0.4, -0.2) is 52.9 Å². The van der Waals surface area contributed by atoms with Crippen molar-refractivity contribution >= 4 is 11.8 Å². The normalized spacial score (nSPS) is 30.9. The second kappa shape index (κ2) is 7.51. The number of likely N-dealkylation sites (tertiary alicyclic amines) is 2. The van der Waals surface area contributed by atoms with Crippen molar-refractivity contribution in [2.24, 2.45) is 11.3 Å². The SMILES string of the molecule is O=C1CC2(CCCC2)CC(=O)N1CCCCN1CC2c3ccccc3C(O)C2C1. The summed E-state index contributed by atoms with van der Waals surface area (Å²) in [5, 5.41) is 10.6. The molecule has 3 atom stereocenters. The number of aliphatic hydroxyl groups is 1. The maximum Gasteiger partial charge on any atom is 0.229 e. The predicted octanol–water partition coefficient (Wildman–Crippen LogP) is 3.24. The summed E-state index contributed by atoms with van der Waals surface area (Å²) in [7, 11) is 0. The lowest BCUT2D eigenvalue weighted by atomic mass is 9.76. The maximum absolute atomic E-state index is 12.6. The summed E-state index contributed by atoms with van der Waals surface area (Å²) in [5.74, 6) is 0.853. The molecule has 3 fully saturated rings. The number of rotatable bonds is 5. The number of amides is 2. The van der Waals surface area contributed by atoms with Crippen molar-refractivity contribution in [1.82, 2.24) is 9.80 Å². The molecule has 5 heteroatoms. The standard InChI is InChI=1S/C24H32N2O3/c27-21-13-24(9-3-4-10-24)14-22(28)26(21)12-6-5-11-25-15-19-17-7-1-2-8-18(17)23(29)20(19)16-25/h1-2,7-8,19-20,23,29H,3-6,9-16H2. The third kappa shape index (κ3) is 3.42. The molecule has 1 saturated carbocycles. The zero-order chi connectivity index (χ0) is 20.0. The Kier molecular flexibility index (Phi) is 4.99. The van der Waals surface area contributed by atoms with Crippen molar-refractivity contribution < 1.29 is 14.7 Å². The molecule has 2 heterocycles. The van der Waals surface area contributed by atoms with Crippen molar-refractivity contribution in [3.8, 4) is 0 Å². The molecule has 1 aromatic rings. The van der Waals surface area contributed by atoms with E-state index in [0.29, 0.717) is 31.2 Å². The topological polar surface area (TPSA) is 60.9 Å². The predicted molar refractivity (Wildman–Crippen MR) is 110 cm³/mol. The van der Waals surface area contributed by atoms with E-state index >= 15 is 0 Å². The van der Waals surface area contributed by atoms with Crippen molar-refractivity contribution in [3.63, 3.8) is 0 Å². The summed E-state index contributed by atoms with van der Waals surface area (Å²) in [5.41, 5.74) is 2.43. The Hall–Kier alpha value is -1.72. The quantitative estimate of drug-likeness (QED) is 0.613. The Morgan fingerprint density at radius 1 is 0.931 bits per heavy atom. The molecule has 3 unspecified atom stereocenters. The molecule has 1 N–H and O–H groups in total. The first-order chi connectivity index (χ1) is 14.1. The van der Waals surface area contributed by atoms with Crippen molar-refractivity contribution in [3.05, 3.63) is 35.4 Å². The minimum absolute atomic E-state index is 0.00483. The van der Waals surface area contributed by atoms with E-state index in [1.165, 1.54) is 10.5 Å². The van der Waals surface area contributed by atoms with Crippen molar-refractivity contribution in [2.75, 3.05) is 26.2 Å². The highest BCUT2D eigenvalue weighted by Gasteiger charge is 2.46. The Balaban J connectivity index is 1.09.